The zero-order chi connectivity index (χ0) is 16.3. The summed E-state index contributed by atoms with van der Waals surface area (Å²) in [6, 6.07) is 6.32. The minimum absolute atomic E-state index is 0.521. The van der Waals surface area contributed by atoms with Gasteiger partial charge in [-0.15, -0.1) is 0 Å². The van der Waals surface area contributed by atoms with E-state index in [4.69, 9.17) is 0 Å². The van der Waals surface area contributed by atoms with Gasteiger partial charge in [-0.1, -0.05) is 38.2 Å². The Bertz CT molecular complexity index is 637. The van der Waals surface area contributed by atoms with Gasteiger partial charge in [-0.2, -0.15) is 13.2 Å². The third-order valence-corrected chi connectivity index (χ3v) is 4.69. The summed E-state index contributed by atoms with van der Waals surface area (Å²) in [7, 11) is 0. The Morgan fingerprint density at radius 2 is 1.70 bits per heavy atom. The van der Waals surface area contributed by atoms with Gasteiger partial charge in [0.1, 0.15) is 0 Å². The lowest BCUT2D eigenvalue weighted by atomic mass is 9.97. The number of aromatic amines is 1. The lowest BCUT2D eigenvalue weighted by Crippen LogP contribution is -2.29. The Balaban J connectivity index is 1.66. The van der Waals surface area contributed by atoms with Crippen LogP contribution in [0.15, 0.2) is 24.3 Å². The number of rotatable bonds is 3. The molecule has 0 saturated heterocycles. The van der Waals surface area contributed by atoms with Crippen LogP contribution in [0.4, 0.5) is 13.2 Å². The van der Waals surface area contributed by atoms with Crippen LogP contribution >= 0.6 is 0 Å². The monoisotopic (exact) mass is 324 g/mol. The zero-order valence-corrected chi connectivity index (χ0v) is 13.2. The van der Waals surface area contributed by atoms with Gasteiger partial charge in [0.15, 0.2) is 0 Å². The van der Waals surface area contributed by atoms with Gasteiger partial charge in [0, 0.05) is 23.8 Å². The maximum atomic E-state index is 12.8. The number of hydrogen-bond acceptors (Lipinski definition) is 1. The van der Waals surface area contributed by atoms with Crippen molar-refractivity contribution in [2.45, 2.75) is 63.7 Å². The van der Waals surface area contributed by atoms with E-state index in [0.717, 1.165) is 17.1 Å². The molecule has 0 amide bonds. The maximum absolute atomic E-state index is 12.8. The number of halogens is 3. The van der Waals surface area contributed by atoms with Crippen LogP contribution in [0.5, 0.6) is 0 Å². The van der Waals surface area contributed by atoms with E-state index in [1.54, 1.807) is 0 Å². The van der Waals surface area contributed by atoms with Crippen LogP contribution in [0.3, 0.4) is 0 Å². The van der Waals surface area contributed by atoms with Gasteiger partial charge in [0.25, 0.3) is 0 Å². The van der Waals surface area contributed by atoms with Crippen LogP contribution in [0.1, 0.15) is 56.2 Å². The van der Waals surface area contributed by atoms with Crippen LogP contribution in [0.2, 0.25) is 0 Å². The van der Waals surface area contributed by atoms with Gasteiger partial charge in [0.05, 0.1) is 5.56 Å². The van der Waals surface area contributed by atoms with Gasteiger partial charge in [0.2, 0.25) is 0 Å². The molecule has 0 spiro atoms. The number of nitrogens with one attached hydrogen (secondary N) is 2. The van der Waals surface area contributed by atoms with Crippen LogP contribution in [-0.4, -0.2) is 11.0 Å². The van der Waals surface area contributed by atoms with E-state index in [-0.39, 0.29) is 0 Å². The molecule has 0 atom stereocenters. The lowest BCUT2D eigenvalue weighted by Gasteiger charge is -2.20. The van der Waals surface area contributed by atoms with Crippen LogP contribution in [-0.2, 0) is 12.7 Å². The molecule has 3 rings (SSSR count). The molecule has 1 aromatic carbocycles. The lowest BCUT2D eigenvalue weighted by molar-refractivity contribution is -0.137. The predicted molar refractivity (Wildman–Crippen MR) is 86.2 cm³/mol. The molecule has 2 aromatic rings. The molecule has 2 nitrogen and oxygen atoms in total. The van der Waals surface area contributed by atoms with Crippen LogP contribution in [0.25, 0.3) is 10.9 Å². The van der Waals surface area contributed by atoms with Gasteiger partial charge in [-0.3, -0.25) is 0 Å². The number of benzene rings is 1. The van der Waals surface area contributed by atoms with Crippen molar-refractivity contribution in [3.8, 4) is 0 Å². The standard InChI is InChI=1S/C18H23F3N2/c19-18(20,21)14-9-8-13-10-16(23-17(13)11-14)12-22-15-6-4-2-1-3-5-7-15/h8-11,15,22-23H,1-7,12H2. The molecule has 23 heavy (non-hydrogen) atoms. The van der Waals surface area contributed by atoms with E-state index >= 15 is 0 Å². The third kappa shape index (κ3) is 4.28. The van der Waals surface area contributed by atoms with Gasteiger partial charge >= 0.3 is 6.18 Å². The summed E-state index contributed by atoms with van der Waals surface area (Å²) in [6.45, 7) is 0.681. The summed E-state index contributed by atoms with van der Waals surface area (Å²) in [5.41, 5.74) is 0.891. The van der Waals surface area contributed by atoms with E-state index in [9.17, 15) is 13.2 Å². The Hall–Kier alpha value is -1.49. The highest BCUT2D eigenvalue weighted by atomic mass is 19.4. The summed E-state index contributed by atoms with van der Waals surface area (Å²) >= 11 is 0. The van der Waals surface area contributed by atoms with Crippen molar-refractivity contribution in [2.75, 3.05) is 0 Å². The summed E-state index contributed by atoms with van der Waals surface area (Å²) in [6.07, 6.45) is 4.58. The molecule has 0 radical (unpaired) electrons. The van der Waals surface area contributed by atoms with Crippen molar-refractivity contribution in [1.29, 1.82) is 0 Å². The van der Waals surface area contributed by atoms with Gasteiger partial charge in [-0.25, -0.2) is 0 Å². The smallest absolute Gasteiger partial charge is 0.357 e. The Morgan fingerprint density at radius 3 is 2.39 bits per heavy atom. The fourth-order valence-corrected chi connectivity index (χ4v) is 3.37. The normalized spacial score (nSPS) is 18.0. The first-order valence-electron chi connectivity index (χ1n) is 8.44. The molecule has 5 heteroatoms. The molecule has 126 valence electrons. The first kappa shape index (κ1) is 16.4. The first-order chi connectivity index (χ1) is 11.0. The molecule has 1 saturated carbocycles. The molecular weight excluding hydrogens is 301 g/mol. The number of alkyl halides is 3. The number of H-pyrrole nitrogens is 1. The Kier molecular flexibility index (Phi) is 4.95. The summed E-state index contributed by atoms with van der Waals surface area (Å²) in [5.74, 6) is 0. The van der Waals surface area contributed by atoms with E-state index < -0.39 is 11.7 Å². The van der Waals surface area contributed by atoms with E-state index in [1.807, 2.05) is 6.07 Å². The molecule has 0 aliphatic heterocycles. The molecule has 1 fully saturated rings. The van der Waals surface area contributed by atoms with E-state index in [1.165, 1.54) is 57.1 Å². The maximum Gasteiger partial charge on any atom is 0.416 e. The predicted octanol–water partition coefficient (Wildman–Crippen LogP) is 5.39. The SMILES string of the molecule is FC(F)(F)c1ccc2cc(CNC3CCCCCCC3)[nH]c2c1. The summed E-state index contributed by atoms with van der Waals surface area (Å²) in [5, 5.41) is 4.38. The zero-order valence-electron chi connectivity index (χ0n) is 13.2. The van der Waals surface area contributed by atoms with E-state index in [0.29, 0.717) is 18.1 Å². The largest absolute Gasteiger partial charge is 0.416 e. The molecule has 0 bridgehead atoms. The van der Waals surface area contributed by atoms with E-state index in [2.05, 4.69) is 10.3 Å². The van der Waals surface area contributed by atoms with Crippen molar-refractivity contribution in [2.24, 2.45) is 0 Å². The van der Waals surface area contributed by atoms with Crippen molar-refractivity contribution >= 4 is 10.9 Å². The minimum atomic E-state index is -4.30. The third-order valence-electron chi connectivity index (χ3n) is 4.69. The number of fused-ring (bicyclic) bond motifs is 1. The second kappa shape index (κ2) is 6.95. The molecule has 1 heterocycles. The minimum Gasteiger partial charge on any atom is -0.357 e. The Labute approximate surface area is 134 Å². The highest BCUT2D eigenvalue weighted by Crippen LogP contribution is 2.31. The first-order valence-corrected chi connectivity index (χ1v) is 8.44. The molecule has 2 N–H and O–H groups in total. The van der Waals surface area contributed by atoms with Crippen molar-refractivity contribution in [3.05, 3.63) is 35.5 Å². The quantitative estimate of drug-likeness (QED) is 0.778. The molecule has 1 aliphatic carbocycles. The van der Waals surface area contributed by atoms with Gasteiger partial charge in [-0.05, 0) is 36.4 Å². The molecule has 1 aromatic heterocycles. The highest BCUT2D eigenvalue weighted by molar-refractivity contribution is 5.81. The Morgan fingerprint density at radius 1 is 1.00 bits per heavy atom. The highest BCUT2D eigenvalue weighted by Gasteiger charge is 2.30. The summed E-state index contributed by atoms with van der Waals surface area (Å²) in [4.78, 5) is 3.11. The second-order valence-corrected chi connectivity index (χ2v) is 6.52. The number of aromatic nitrogens is 1. The number of hydrogen-bond donors (Lipinski definition) is 2. The van der Waals surface area contributed by atoms with Gasteiger partial charge < -0.3 is 10.3 Å². The second-order valence-electron chi connectivity index (χ2n) is 6.52. The fraction of sp³-hybridized carbons (Fsp3) is 0.556. The van der Waals surface area contributed by atoms with Crippen molar-refractivity contribution in [3.63, 3.8) is 0 Å². The summed E-state index contributed by atoms with van der Waals surface area (Å²) < 4.78 is 38.3. The average Bonchev–Trinajstić information content (AvgIpc) is 2.87. The average molecular weight is 324 g/mol. The molecule has 1 aliphatic rings. The topological polar surface area (TPSA) is 27.8 Å². The van der Waals surface area contributed by atoms with Crippen molar-refractivity contribution < 1.29 is 13.2 Å². The van der Waals surface area contributed by atoms with Crippen LogP contribution in [0, 0.1) is 0 Å². The fourth-order valence-electron chi connectivity index (χ4n) is 3.37. The van der Waals surface area contributed by atoms with Crippen molar-refractivity contribution in [1.82, 2.24) is 10.3 Å². The van der Waals surface area contributed by atoms with Crippen LogP contribution < -0.4 is 5.32 Å². The molecule has 0 unspecified atom stereocenters. The molecular formula is C18H23F3N2.